The van der Waals surface area contributed by atoms with Gasteiger partial charge in [-0.1, -0.05) is 35.9 Å². The molecule has 4 rings (SSSR count). The molecule has 0 saturated heterocycles. The first kappa shape index (κ1) is 29.9. The third-order valence-electron chi connectivity index (χ3n) is 6.51. The summed E-state index contributed by atoms with van der Waals surface area (Å²) in [7, 11) is 1.52. The number of hydrogen-bond donors (Lipinski definition) is 3. The van der Waals surface area contributed by atoms with Crippen molar-refractivity contribution in [2.45, 2.75) is 32.1 Å². The van der Waals surface area contributed by atoms with Crippen LogP contribution in [0.4, 0.5) is 21.9 Å². The first-order chi connectivity index (χ1) is 19.8. The molecular formula is C30H33ClN4O6. The van der Waals surface area contributed by atoms with Crippen molar-refractivity contribution in [2.24, 2.45) is 0 Å². The van der Waals surface area contributed by atoms with Gasteiger partial charge in [0, 0.05) is 41.2 Å². The zero-order valence-electron chi connectivity index (χ0n) is 23.1. The standard InChI is InChI=1S/C30H33ClN4O6/c1-4-40-27(41-5-2)19-35-25-12-7-6-11-24(25)30(28(35)37,18-26(36)32-21-15-13-20(31)14-16-21)34-29(38)33-22-9-8-10-23(17-22)39-3/h6-17,27H,4-5,18-19H2,1-3H3,(H,32,36)(H2,33,34,38)/t30-/m0/s1. The summed E-state index contributed by atoms with van der Waals surface area (Å²) in [5.41, 5.74) is 0.246. The van der Waals surface area contributed by atoms with Crippen molar-refractivity contribution in [3.63, 3.8) is 0 Å². The van der Waals surface area contributed by atoms with E-state index in [9.17, 15) is 14.4 Å². The topological polar surface area (TPSA) is 118 Å². The average molecular weight is 581 g/mol. The summed E-state index contributed by atoms with van der Waals surface area (Å²) >= 11 is 5.98. The predicted molar refractivity (Wildman–Crippen MR) is 157 cm³/mol. The maximum Gasteiger partial charge on any atom is 0.320 e. The van der Waals surface area contributed by atoms with Crippen LogP contribution in [0.1, 0.15) is 25.8 Å². The summed E-state index contributed by atoms with van der Waals surface area (Å²) in [5.74, 6) is -0.425. The second-order valence-corrected chi connectivity index (χ2v) is 9.66. The maximum atomic E-state index is 14.3. The Morgan fingerprint density at radius 3 is 2.32 bits per heavy atom. The monoisotopic (exact) mass is 580 g/mol. The number of anilines is 3. The summed E-state index contributed by atoms with van der Waals surface area (Å²) in [4.78, 5) is 42.6. The molecule has 0 spiro atoms. The molecule has 41 heavy (non-hydrogen) atoms. The lowest BCUT2D eigenvalue weighted by Crippen LogP contribution is -2.56. The molecule has 216 valence electrons. The van der Waals surface area contributed by atoms with Crippen LogP contribution in [0.3, 0.4) is 0 Å². The molecule has 0 radical (unpaired) electrons. The van der Waals surface area contributed by atoms with Crippen LogP contribution in [-0.4, -0.2) is 51.0 Å². The smallest absolute Gasteiger partial charge is 0.320 e. The molecular weight excluding hydrogens is 548 g/mol. The van der Waals surface area contributed by atoms with Crippen molar-refractivity contribution < 1.29 is 28.6 Å². The quantitative estimate of drug-likeness (QED) is 0.255. The molecule has 1 atom stereocenters. The van der Waals surface area contributed by atoms with Crippen LogP contribution in [0, 0.1) is 0 Å². The summed E-state index contributed by atoms with van der Waals surface area (Å²) in [6, 6.07) is 19.8. The van der Waals surface area contributed by atoms with Crippen LogP contribution in [-0.2, 0) is 24.6 Å². The Bertz CT molecular complexity index is 1380. The molecule has 1 aliphatic heterocycles. The molecule has 0 aliphatic carbocycles. The van der Waals surface area contributed by atoms with E-state index in [1.807, 2.05) is 13.8 Å². The van der Waals surface area contributed by atoms with Gasteiger partial charge in [0.1, 0.15) is 5.75 Å². The summed E-state index contributed by atoms with van der Waals surface area (Å²) in [5, 5.41) is 8.90. The number of fused-ring (bicyclic) bond motifs is 1. The molecule has 3 aromatic rings. The van der Waals surface area contributed by atoms with Gasteiger partial charge in [0.2, 0.25) is 5.91 Å². The second-order valence-electron chi connectivity index (χ2n) is 9.22. The molecule has 0 saturated carbocycles. The number of amides is 4. The van der Waals surface area contributed by atoms with Crippen LogP contribution in [0.15, 0.2) is 72.8 Å². The number of nitrogens with zero attached hydrogens (tertiary/aromatic N) is 1. The van der Waals surface area contributed by atoms with Crippen molar-refractivity contribution in [1.29, 1.82) is 0 Å². The number of halogens is 1. The van der Waals surface area contributed by atoms with Crippen LogP contribution in [0.5, 0.6) is 5.75 Å². The van der Waals surface area contributed by atoms with Crippen molar-refractivity contribution in [3.8, 4) is 5.75 Å². The molecule has 0 unspecified atom stereocenters. The Hall–Kier alpha value is -4.12. The van der Waals surface area contributed by atoms with Gasteiger partial charge < -0.3 is 35.1 Å². The minimum absolute atomic E-state index is 0.0667. The number of carbonyl (C=O) groups excluding carboxylic acids is 3. The summed E-state index contributed by atoms with van der Waals surface area (Å²) < 4.78 is 16.7. The Morgan fingerprint density at radius 2 is 1.63 bits per heavy atom. The van der Waals surface area contributed by atoms with E-state index in [1.54, 1.807) is 72.8 Å². The number of hydrogen-bond acceptors (Lipinski definition) is 6. The minimum Gasteiger partial charge on any atom is -0.497 e. The Labute approximate surface area is 243 Å². The fourth-order valence-corrected chi connectivity index (χ4v) is 4.88. The van der Waals surface area contributed by atoms with E-state index >= 15 is 0 Å². The molecule has 3 N–H and O–H groups in total. The van der Waals surface area contributed by atoms with Gasteiger partial charge in [0.25, 0.3) is 5.91 Å². The van der Waals surface area contributed by atoms with E-state index < -0.39 is 29.7 Å². The van der Waals surface area contributed by atoms with Gasteiger partial charge in [-0.25, -0.2) is 4.79 Å². The number of para-hydroxylation sites is 1. The minimum atomic E-state index is -1.72. The van der Waals surface area contributed by atoms with Crippen LogP contribution in [0.25, 0.3) is 0 Å². The molecule has 0 aromatic heterocycles. The number of urea groups is 1. The number of carbonyl (C=O) groups is 3. The number of methoxy groups -OCH3 is 1. The van der Waals surface area contributed by atoms with Crippen molar-refractivity contribution in [2.75, 3.05) is 42.4 Å². The zero-order chi connectivity index (χ0) is 29.4. The highest BCUT2D eigenvalue weighted by atomic mass is 35.5. The zero-order valence-corrected chi connectivity index (χ0v) is 23.9. The lowest BCUT2D eigenvalue weighted by molar-refractivity contribution is -0.138. The highest BCUT2D eigenvalue weighted by Gasteiger charge is 2.53. The van der Waals surface area contributed by atoms with Crippen molar-refractivity contribution >= 4 is 46.5 Å². The molecule has 1 heterocycles. The van der Waals surface area contributed by atoms with Gasteiger partial charge in [0.15, 0.2) is 11.8 Å². The maximum absolute atomic E-state index is 14.3. The Balaban J connectivity index is 1.69. The second kappa shape index (κ2) is 13.5. The van der Waals surface area contributed by atoms with Crippen molar-refractivity contribution in [1.82, 2.24) is 5.32 Å². The molecule has 10 nitrogen and oxygen atoms in total. The van der Waals surface area contributed by atoms with E-state index in [-0.39, 0.29) is 13.0 Å². The van der Waals surface area contributed by atoms with E-state index in [0.717, 1.165) is 0 Å². The highest BCUT2D eigenvalue weighted by Crippen LogP contribution is 2.43. The van der Waals surface area contributed by atoms with Crippen molar-refractivity contribution in [3.05, 3.63) is 83.4 Å². The molecule has 0 fully saturated rings. The average Bonchev–Trinajstić information content (AvgIpc) is 3.17. The number of rotatable bonds is 12. The third-order valence-corrected chi connectivity index (χ3v) is 6.76. The van der Waals surface area contributed by atoms with Gasteiger partial charge in [0.05, 0.1) is 25.8 Å². The summed E-state index contributed by atoms with van der Waals surface area (Å²) in [6.07, 6.45) is -1.08. The Kier molecular flexibility index (Phi) is 9.82. The number of nitrogens with one attached hydrogen (secondary N) is 3. The highest BCUT2D eigenvalue weighted by molar-refractivity contribution is 6.30. The molecule has 1 aliphatic rings. The van der Waals surface area contributed by atoms with Crippen LogP contribution >= 0.6 is 11.6 Å². The van der Waals surface area contributed by atoms with E-state index in [0.29, 0.717) is 46.6 Å². The first-order valence-corrected chi connectivity index (χ1v) is 13.6. The molecule has 11 heteroatoms. The Morgan fingerprint density at radius 1 is 0.927 bits per heavy atom. The van der Waals surface area contributed by atoms with Crippen LogP contribution < -0.4 is 25.6 Å². The third kappa shape index (κ3) is 6.97. The molecule has 3 aromatic carbocycles. The van der Waals surface area contributed by atoms with Gasteiger partial charge in [-0.2, -0.15) is 0 Å². The number of benzene rings is 3. The van der Waals surface area contributed by atoms with Crippen LogP contribution in [0.2, 0.25) is 5.02 Å². The lowest BCUT2D eigenvalue weighted by atomic mass is 9.87. The lowest BCUT2D eigenvalue weighted by Gasteiger charge is -2.30. The van der Waals surface area contributed by atoms with E-state index in [1.165, 1.54) is 12.0 Å². The molecule has 0 bridgehead atoms. The fourth-order valence-electron chi connectivity index (χ4n) is 4.75. The van der Waals surface area contributed by atoms with E-state index in [2.05, 4.69) is 16.0 Å². The van der Waals surface area contributed by atoms with Gasteiger partial charge in [-0.15, -0.1) is 0 Å². The van der Waals surface area contributed by atoms with Gasteiger partial charge in [-0.3, -0.25) is 9.59 Å². The predicted octanol–water partition coefficient (Wildman–Crippen LogP) is 5.14. The van der Waals surface area contributed by atoms with Gasteiger partial charge >= 0.3 is 6.03 Å². The molecule has 4 amide bonds. The van der Waals surface area contributed by atoms with E-state index in [4.69, 9.17) is 25.8 Å². The largest absolute Gasteiger partial charge is 0.497 e. The first-order valence-electron chi connectivity index (χ1n) is 13.2. The van der Waals surface area contributed by atoms with Gasteiger partial charge in [-0.05, 0) is 56.3 Å². The normalized spacial score (nSPS) is 15.9. The SMILES string of the molecule is CCOC(CN1C(=O)[C@@](CC(=O)Nc2ccc(Cl)cc2)(NC(=O)Nc2cccc(OC)c2)c2ccccc21)OCC. The number of ether oxygens (including phenoxy) is 3. The summed E-state index contributed by atoms with van der Waals surface area (Å²) in [6.45, 7) is 4.49. The fraction of sp³-hybridized carbons (Fsp3) is 0.300.